The molecule has 0 radical (unpaired) electrons. The van der Waals surface area contributed by atoms with Crippen molar-refractivity contribution in [2.24, 2.45) is 35.5 Å². The first kappa shape index (κ1) is 22.5. The van der Waals surface area contributed by atoms with Crippen LogP contribution in [-0.2, 0) is 9.59 Å². The Bertz CT molecular complexity index is 1270. The number of halogens is 2. The van der Waals surface area contributed by atoms with Crippen molar-refractivity contribution in [1.29, 1.82) is 0 Å². The fourth-order valence-electron chi connectivity index (χ4n) is 6.33. The van der Waals surface area contributed by atoms with Gasteiger partial charge in [0.1, 0.15) is 6.04 Å². The van der Waals surface area contributed by atoms with E-state index in [-0.39, 0.29) is 28.2 Å². The summed E-state index contributed by atoms with van der Waals surface area (Å²) in [7, 11) is 0. The minimum absolute atomic E-state index is 0.00680. The van der Waals surface area contributed by atoms with Crippen LogP contribution >= 0.6 is 23.2 Å². The van der Waals surface area contributed by atoms with Crippen LogP contribution in [0.25, 0.3) is 0 Å². The highest BCUT2D eigenvalue weighted by molar-refractivity contribution is 6.36. The molecular formula is C27H22Cl2N2O4. The molecule has 7 rings (SSSR count). The lowest BCUT2D eigenvalue weighted by Crippen LogP contribution is -2.56. The zero-order chi connectivity index (χ0) is 24.6. The van der Waals surface area contributed by atoms with Crippen molar-refractivity contribution in [2.75, 3.05) is 0 Å². The van der Waals surface area contributed by atoms with Gasteiger partial charge < -0.3 is 0 Å². The monoisotopic (exact) mass is 508 g/mol. The number of hydrazine groups is 1. The maximum Gasteiger partial charge on any atom is 0.275 e. The number of ketones is 1. The third kappa shape index (κ3) is 3.30. The fraction of sp³-hybridized carbons (Fsp3) is 0.333. The number of Topliss-reactive ketones (excluding diaryl/α,β-unsaturated/α-hetero) is 1. The van der Waals surface area contributed by atoms with Crippen LogP contribution in [0.3, 0.4) is 0 Å². The quantitative estimate of drug-likeness (QED) is 0.334. The maximum atomic E-state index is 13.9. The number of hydrogen-bond donors (Lipinski definition) is 0. The van der Waals surface area contributed by atoms with Crippen molar-refractivity contribution in [3.63, 3.8) is 0 Å². The van der Waals surface area contributed by atoms with E-state index in [2.05, 4.69) is 12.2 Å². The maximum absolute atomic E-state index is 13.9. The van der Waals surface area contributed by atoms with Gasteiger partial charge in [0.05, 0.1) is 22.4 Å². The summed E-state index contributed by atoms with van der Waals surface area (Å²) in [6.45, 7) is 1.53. The summed E-state index contributed by atoms with van der Waals surface area (Å²) in [6.07, 6.45) is 5.16. The number of imide groups is 1. The van der Waals surface area contributed by atoms with E-state index in [0.717, 1.165) is 16.4 Å². The van der Waals surface area contributed by atoms with Crippen LogP contribution < -0.4 is 0 Å². The van der Waals surface area contributed by atoms with E-state index in [1.807, 2.05) is 0 Å². The third-order valence-electron chi connectivity index (χ3n) is 8.03. The molecule has 3 amide bonds. The molecule has 6 nitrogen and oxygen atoms in total. The molecule has 0 N–H and O–H groups in total. The molecular weight excluding hydrogens is 487 g/mol. The summed E-state index contributed by atoms with van der Waals surface area (Å²) < 4.78 is 0. The van der Waals surface area contributed by atoms with Gasteiger partial charge in [-0.05, 0) is 55.2 Å². The first-order valence-electron chi connectivity index (χ1n) is 11.7. The summed E-state index contributed by atoms with van der Waals surface area (Å²) in [5.41, 5.74) is 0.433. The second-order valence-corrected chi connectivity index (χ2v) is 10.7. The Balaban J connectivity index is 1.42. The minimum Gasteiger partial charge on any atom is -0.292 e. The van der Waals surface area contributed by atoms with E-state index in [9.17, 15) is 19.2 Å². The van der Waals surface area contributed by atoms with Crippen LogP contribution in [0.2, 0.25) is 10.0 Å². The lowest BCUT2D eigenvalue weighted by molar-refractivity contribution is -0.156. The molecule has 1 heterocycles. The van der Waals surface area contributed by atoms with Gasteiger partial charge in [-0.15, -0.1) is 0 Å². The predicted molar refractivity (Wildman–Crippen MR) is 129 cm³/mol. The topological polar surface area (TPSA) is 74.8 Å². The molecule has 35 heavy (non-hydrogen) atoms. The number of allylic oxidation sites excluding steroid dienone is 2. The Morgan fingerprint density at radius 1 is 0.943 bits per heavy atom. The highest BCUT2D eigenvalue weighted by Gasteiger charge is 2.68. The zero-order valence-corrected chi connectivity index (χ0v) is 20.3. The largest absolute Gasteiger partial charge is 0.292 e. The molecule has 2 bridgehead atoms. The van der Waals surface area contributed by atoms with Crippen LogP contribution in [0.5, 0.6) is 0 Å². The van der Waals surface area contributed by atoms with E-state index < -0.39 is 35.6 Å². The van der Waals surface area contributed by atoms with E-state index in [1.165, 1.54) is 25.1 Å². The molecule has 8 heteroatoms. The SMILES string of the molecule is C[C@H](C(=O)c1ccccc1)N(C(=O)c1ccc(Cl)cc1Cl)N1C(=O)[C@@H]2[C@H]3C=C[C@@H]([C@@H]4C[C@@H]34)[C@@H]2C1=O. The Morgan fingerprint density at radius 3 is 2.11 bits per heavy atom. The number of carbonyl (C=O) groups is 4. The highest BCUT2D eigenvalue weighted by Crippen LogP contribution is 2.65. The Morgan fingerprint density at radius 2 is 1.54 bits per heavy atom. The van der Waals surface area contributed by atoms with Crippen molar-refractivity contribution in [1.82, 2.24) is 10.0 Å². The van der Waals surface area contributed by atoms with Crippen LogP contribution in [0.4, 0.5) is 0 Å². The summed E-state index contributed by atoms with van der Waals surface area (Å²) in [4.78, 5) is 54.9. The molecule has 1 saturated heterocycles. The van der Waals surface area contributed by atoms with E-state index >= 15 is 0 Å². The van der Waals surface area contributed by atoms with Crippen molar-refractivity contribution in [2.45, 2.75) is 19.4 Å². The van der Waals surface area contributed by atoms with Crippen LogP contribution in [0.15, 0.2) is 60.7 Å². The third-order valence-corrected chi connectivity index (χ3v) is 8.58. The van der Waals surface area contributed by atoms with Gasteiger partial charge in [0.2, 0.25) is 0 Å². The number of benzene rings is 2. The first-order valence-corrected chi connectivity index (χ1v) is 12.5. The molecule has 0 unspecified atom stereocenters. The number of carbonyl (C=O) groups excluding carboxylic acids is 4. The standard InChI is InChI=1S/C27H22Cl2N2O4/c1-13(24(32)14-5-3-2-4-6-14)30(25(33)18-8-7-15(28)11-21(18)29)31-26(34)22-16-9-10-17(20-12-19(16)20)23(22)27(31)35/h2-11,13,16-17,19-20,22-23H,12H2,1H3/t13-,16+,17+,19+,20+,22-,23+/m1/s1. The summed E-state index contributed by atoms with van der Waals surface area (Å²) in [5.74, 6) is -2.11. The molecule has 2 aromatic carbocycles. The van der Waals surface area contributed by atoms with Gasteiger partial charge in [-0.25, -0.2) is 5.01 Å². The smallest absolute Gasteiger partial charge is 0.275 e. The normalized spacial score (nSPS) is 30.7. The second kappa shape index (κ2) is 8.04. The van der Waals surface area contributed by atoms with Gasteiger partial charge in [0.25, 0.3) is 17.7 Å². The molecule has 0 spiro atoms. The van der Waals surface area contributed by atoms with Gasteiger partial charge >= 0.3 is 0 Å². The molecule has 7 atom stereocenters. The van der Waals surface area contributed by atoms with Gasteiger partial charge in [-0.3, -0.25) is 19.2 Å². The first-order chi connectivity index (χ1) is 16.8. The fourth-order valence-corrected chi connectivity index (χ4v) is 6.82. The summed E-state index contributed by atoms with van der Waals surface area (Å²) >= 11 is 12.4. The van der Waals surface area contributed by atoms with Crippen LogP contribution in [-0.4, -0.2) is 39.6 Å². The van der Waals surface area contributed by atoms with Crippen LogP contribution in [0, 0.1) is 35.5 Å². The lowest BCUT2D eigenvalue weighted by atomic mass is 9.63. The lowest BCUT2D eigenvalue weighted by Gasteiger charge is -2.37. The van der Waals surface area contributed by atoms with Gasteiger partial charge in [-0.2, -0.15) is 5.01 Å². The molecule has 2 aromatic rings. The molecule has 5 aliphatic rings. The van der Waals surface area contributed by atoms with E-state index in [1.54, 1.807) is 30.3 Å². The molecule has 2 saturated carbocycles. The van der Waals surface area contributed by atoms with Gasteiger partial charge in [0, 0.05) is 10.6 Å². The van der Waals surface area contributed by atoms with Gasteiger partial charge in [0.15, 0.2) is 5.78 Å². The second-order valence-electron chi connectivity index (χ2n) is 9.82. The predicted octanol–water partition coefficient (Wildman–Crippen LogP) is 4.68. The number of nitrogens with zero attached hydrogens (tertiary/aromatic N) is 2. The Hall–Kier alpha value is -2.96. The minimum atomic E-state index is -1.12. The molecule has 3 fully saturated rings. The number of amides is 3. The molecule has 4 aliphatic carbocycles. The number of hydrogen-bond acceptors (Lipinski definition) is 4. The Labute approximate surface area is 212 Å². The summed E-state index contributed by atoms with van der Waals surface area (Å²) in [6, 6.07) is 11.8. The molecule has 178 valence electrons. The molecule has 1 aliphatic heterocycles. The van der Waals surface area contributed by atoms with Crippen molar-refractivity contribution >= 4 is 46.7 Å². The van der Waals surface area contributed by atoms with E-state index in [0.29, 0.717) is 22.4 Å². The average molecular weight is 509 g/mol. The highest BCUT2D eigenvalue weighted by atomic mass is 35.5. The average Bonchev–Trinajstić information content (AvgIpc) is 3.64. The van der Waals surface area contributed by atoms with Crippen molar-refractivity contribution in [3.05, 3.63) is 81.9 Å². The molecule has 0 aromatic heterocycles. The van der Waals surface area contributed by atoms with E-state index in [4.69, 9.17) is 23.2 Å². The van der Waals surface area contributed by atoms with Crippen LogP contribution in [0.1, 0.15) is 34.1 Å². The van der Waals surface area contributed by atoms with Gasteiger partial charge in [-0.1, -0.05) is 65.7 Å². The number of rotatable bonds is 5. The van der Waals surface area contributed by atoms with Crippen molar-refractivity contribution < 1.29 is 19.2 Å². The Kier molecular flexibility index (Phi) is 5.17. The zero-order valence-electron chi connectivity index (χ0n) is 18.8. The van der Waals surface area contributed by atoms with Crippen molar-refractivity contribution in [3.8, 4) is 0 Å². The summed E-state index contributed by atoms with van der Waals surface area (Å²) in [5, 5.41) is 2.36.